The number of anilines is 2. The summed E-state index contributed by atoms with van der Waals surface area (Å²) in [7, 11) is 1.57. The predicted molar refractivity (Wildman–Crippen MR) is 74.9 cm³/mol. The third kappa shape index (κ3) is 3.44. The highest BCUT2D eigenvalue weighted by Gasteiger charge is 2.19. The average Bonchev–Trinajstić information content (AvgIpc) is 2.47. The molecule has 0 spiro atoms. The van der Waals surface area contributed by atoms with Gasteiger partial charge in [-0.2, -0.15) is 15.0 Å². The third-order valence-corrected chi connectivity index (χ3v) is 3.22. The highest BCUT2D eigenvalue weighted by Crippen LogP contribution is 2.16. The molecular formula is C12H22N6O. The lowest BCUT2D eigenvalue weighted by atomic mass is 10.3. The van der Waals surface area contributed by atoms with Crippen LogP contribution in [0.25, 0.3) is 0 Å². The fourth-order valence-electron chi connectivity index (χ4n) is 2.08. The maximum Gasteiger partial charge on any atom is 0.322 e. The van der Waals surface area contributed by atoms with Crippen molar-refractivity contribution in [2.45, 2.75) is 13.8 Å². The van der Waals surface area contributed by atoms with Crippen LogP contribution in [0.15, 0.2) is 0 Å². The fourth-order valence-corrected chi connectivity index (χ4v) is 2.08. The molecule has 0 aliphatic carbocycles. The Labute approximate surface area is 114 Å². The van der Waals surface area contributed by atoms with E-state index in [1.807, 2.05) is 6.92 Å². The Kier molecular flexibility index (Phi) is 4.73. The van der Waals surface area contributed by atoms with Gasteiger partial charge in [-0.15, -0.1) is 0 Å². The number of ether oxygens (including phenoxy) is 1. The largest absolute Gasteiger partial charge is 0.467 e. The molecule has 106 valence electrons. The van der Waals surface area contributed by atoms with Crippen molar-refractivity contribution in [1.82, 2.24) is 19.9 Å². The van der Waals surface area contributed by atoms with E-state index in [9.17, 15) is 0 Å². The second-order valence-electron chi connectivity index (χ2n) is 4.40. The van der Waals surface area contributed by atoms with Crippen LogP contribution in [0, 0.1) is 0 Å². The Balaban J connectivity index is 2.12. The summed E-state index contributed by atoms with van der Waals surface area (Å²) in [6, 6.07) is 0.360. The Morgan fingerprint density at radius 2 is 1.84 bits per heavy atom. The number of likely N-dealkylation sites (N-methyl/N-ethyl adjacent to an activating group) is 1. The maximum atomic E-state index is 5.14. The smallest absolute Gasteiger partial charge is 0.322 e. The Morgan fingerprint density at radius 3 is 2.42 bits per heavy atom. The molecule has 1 saturated heterocycles. The normalized spacial score (nSPS) is 16.5. The molecule has 0 amide bonds. The monoisotopic (exact) mass is 266 g/mol. The third-order valence-electron chi connectivity index (χ3n) is 3.22. The summed E-state index contributed by atoms with van der Waals surface area (Å²) in [4.78, 5) is 17.5. The maximum absolute atomic E-state index is 5.14. The van der Waals surface area contributed by atoms with Gasteiger partial charge in [-0.1, -0.05) is 6.92 Å². The molecule has 1 N–H and O–H groups in total. The lowest BCUT2D eigenvalue weighted by Gasteiger charge is -2.34. The Bertz CT molecular complexity index is 405. The molecule has 1 aromatic rings. The summed E-state index contributed by atoms with van der Waals surface area (Å²) < 4.78 is 5.14. The van der Waals surface area contributed by atoms with Gasteiger partial charge in [-0.25, -0.2) is 0 Å². The van der Waals surface area contributed by atoms with Crippen LogP contribution in [0.1, 0.15) is 13.8 Å². The van der Waals surface area contributed by atoms with E-state index in [1.54, 1.807) is 7.11 Å². The first-order chi connectivity index (χ1) is 9.26. The van der Waals surface area contributed by atoms with Crippen molar-refractivity contribution in [2.24, 2.45) is 0 Å². The number of hydrogen-bond acceptors (Lipinski definition) is 7. The van der Waals surface area contributed by atoms with Crippen LogP contribution in [0.5, 0.6) is 6.01 Å². The van der Waals surface area contributed by atoms with Crippen LogP contribution in [0.3, 0.4) is 0 Å². The molecule has 1 fully saturated rings. The van der Waals surface area contributed by atoms with E-state index in [-0.39, 0.29) is 0 Å². The molecule has 0 radical (unpaired) electrons. The van der Waals surface area contributed by atoms with E-state index in [0.717, 1.165) is 39.3 Å². The second kappa shape index (κ2) is 6.51. The molecule has 0 aromatic carbocycles. The van der Waals surface area contributed by atoms with Gasteiger partial charge in [0.05, 0.1) is 7.11 Å². The average molecular weight is 266 g/mol. The summed E-state index contributed by atoms with van der Waals surface area (Å²) in [5.74, 6) is 1.26. The van der Waals surface area contributed by atoms with Gasteiger partial charge in [0.2, 0.25) is 11.9 Å². The van der Waals surface area contributed by atoms with Crippen molar-refractivity contribution >= 4 is 11.9 Å². The van der Waals surface area contributed by atoms with Crippen LogP contribution in [-0.2, 0) is 0 Å². The number of nitrogens with one attached hydrogen (secondary N) is 1. The van der Waals surface area contributed by atoms with Crippen LogP contribution in [0.2, 0.25) is 0 Å². The topological polar surface area (TPSA) is 66.4 Å². The quantitative estimate of drug-likeness (QED) is 0.830. The lowest BCUT2D eigenvalue weighted by molar-refractivity contribution is 0.269. The molecule has 7 nitrogen and oxygen atoms in total. The van der Waals surface area contributed by atoms with Crippen LogP contribution in [0.4, 0.5) is 11.9 Å². The number of hydrogen-bond donors (Lipinski definition) is 1. The van der Waals surface area contributed by atoms with E-state index in [0.29, 0.717) is 17.9 Å². The first-order valence-electron chi connectivity index (χ1n) is 6.78. The molecule has 1 aromatic heterocycles. The van der Waals surface area contributed by atoms with Crippen molar-refractivity contribution in [3.8, 4) is 6.01 Å². The number of aromatic nitrogens is 3. The zero-order chi connectivity index (χ0) is 13.7. The van der Waals surface area contributed by atoms with Gasteiger partial charge in [-0.05, 0) is 13.5 Å². The Morgan fingerprint density at radius 1 is 1.11 bits per heavy atom. The fraction of sp³-hybridized carbons (Fsp3) is 0.750. The first-order valence-corrected chi connectivity index (χ1v) is 6.78. The summed E-state index contributed by atoms with van der Waals surface area (Å²) in [6.07, 6.45) is 0. The molecule has 7 heteroatoms. The number of nitrogens with zero attached hydrogens (tertiary/aromatic N) is 5. The highest BCUT2D eigenvalue weighted by molar-refractivity contribution is 5.38. The van der Waals surface area contributed by atoms with E-state index in [4.69, 9.17) is 4.74 Å². The van der Waals surface area contributed by atoms with Crippen LogP contribution >= 0.6 is 0 Å². The molecular weight excluding hydrogens is 244 g/mol. The summed E-state index contributed by atoms with van der Waals surface area (Å²) in [5.41, 5.74) is 0. The minimum atomic E-state index is 0.360. The van der Waals surface area contributed by atoms with Crippen molar-refractivity contribution in [1.29, 1.82) is 0 Å². The summed E-state index contributed by atoms with van der Waals surface area (Å²) in [5, 5.41) is 3.10. The van der Waals surface area contributed by atoms with Crippen molar-refractivity contribution < 1.29 is 4.74 Å². The zero-order valence-electron chi connectivity index (χ0n) is 11.9. The van der Waals surface area contributed by atoms with Gasteiger partial charge in [0.15, 0.2) is 0 Å². The van der Waals surface area contributed by atoms with E-state index in [1.165, 1.54) is 0 Å². The minimum Gasteiger partial charge on any atom is -0.467 e. The minimum absolute atomic E-state index is 0.360. The van der Waals surface area contributed by atoms with Gasteiger partial charge in [-0.3, -0.25) is 0 Å². The molecule has 1 aliphatic rings. The van der Waals surface area contributed by atoms with Gasteiger partial charge in [0.1, 0.15) is 0 Å². The summed E-state index contributed by atoms with van der Waals surface area (Å²) >= 11 is 0. The van der Waals surface area contributed by atoms with E-state index >= 15 is 0 Å². The SMILES string of the molecule is CCNc1nc(OC)nc(N2CCN(CC)CC2)n1. The van der Waals surface area contributed by atoms with Gasteiger partial charge >= 0.3 is 6.01 Å². The standard InChI is InChI=1S/C12H22N6O/c1-4-13-10-14-11(16-12(15-10)19-3)18-8-6-17(5-2)7-9-18/h4-9H2,1-3H3,(H,13,14,15,16). The zero-order valence-corrected chi connectivity index (χ0v) is 11.9. The van der Waals surface area contributed by atoms with Gasteiger partial charge in [0, 0.05) is 32.7 Å². The van der Waals surface area contributed by atoms with Crippen molar-refractivity contribution in [3.63, 3.8) is 0 Å². The first kappa shape index (κ1) is 13.8. The molecule has 0 saturated carbocycles. The molecule has 0 unspecified atom stereocenters. The number of piperazine rings is 1. The Hall–Kier alpha value is -1.63. The molecule has 2 rings (SSSR count). The number of rotatable bonds is 5. The number of methoxy groups -OCH3 is 1. The molecule has 0 bridgehead atoms. The molecule has 2 heterocycles. The highest BCUT2D eigenvalue weighted by atomic mass is 16.5. The van der Waals surface area contributed by atoms with E-state index < -0.39 is 0 Å². The van der Waals surface area contributed by atoms with Gasteiger partial charge < -0.3 is 19.9 Å². The summed E-state index contributed by atoms with van der Waals surface area (Å²) in [6.45, 7) is 10.0. The van der Waals surface area contributed by atoms with Crippen molar-refractivity contribution in [3.05, 3.63) is 0 Å². The lowest BCUT2D eigenvalue weighted by Crippen LogP contribution is -2.46. The molecule has 0 atom stereocenters. The van der Waals surface area contributed by atoms with Gasteiger partial charge in [0.25, 0.3) is 0 Å². The van der Waals surface area contributed by atoms with Crippen molar-refractivity contribution in [2.75, 3.05) is 56.6 Å². The predicted octanol–water partition coefficient (Wildman–Crippen LogP) is 0.454. The van der Waals surface area contributed by atoms with Crippen LogP contribution < -0.4 is 15.0 Å². The second-order valence-corrected chi connectivity index (χ2v) is 4.40. The molecule has 19 heavy (non-hydrogen) atoms. The molecule has 1 aliphatic heterocycles. The van der Waals surface area contributed by atoms with E-state index in [2.05, 4.69) is 37.0 Å². The van der Waals surface area contributed by atoms with Crippen LogP contribution in [-0.4, -0.2) is 66.2 Å².